The van der Waals surface area contributed by atoms with Crippen LogP contribution in [0.1, 0.15) is 27.4 Å². The van der Waals surface area contributed by atoms with E-state index in [0.29, 0.717) is 30.1 Å². The van der Waals surface area contributed by atoms with Gasteiger partial charge < -0.3 is 15.2 Å². The highest BCUT2D eigenvalue weighted by Crippen LogP contribution is 2.29. The van der Waals surface area contributed by atoms with Gasteiger partial charge >= 0.3 is 6.03 Å². The zero-order valence-corrected chi connectivity index (χ0v) is 17.6. The Morgan fingerprint density at radius 1 is 1.20 bits per heavy atom. The molecule has 154 valence electrons. The standard InChI is InChI=1S/C22H22N4O3S/c1-14-19(15(2)29-25-14)13-30-20-6-4-3-5-18(20)21(27)24-16-7-9-17(10-8-16)26-12-11-23-22(26)28/h3-10H,11-13H2,1-2H3,(H,23,28)(H,24,27). The maximum atomic E-state index is 12.9. The number of aromatic nitrogens is 1. The lowest BCUT2D eigenvalue weighted by atomic mass is 10.2. The van der Waals surface area contributed by atoms with E-state index in [9.17, 15) is 9.59 Å². The summed E-state index contributed by atoms with van der Waals surface area (Å²) in [5, 5.41) is 9.70. The fourth-order valence-corrected chi connectivity index (χ4v) is 4.48. The van der Waals surface area contributed by atoms with Crippen molar-refractivity contribution in [2.45, 2.75) is 24.5 Å². The summed E-state index contributed by atoms with van der Waals surface area (Å²) in [5.41, 5.74) is 4.01. The molecule has 7 nitrogen and oxygen atoms in total. The van der Waals surface area contributed by atoms with Crippen LogP contribution in [-0.4, -0.2) is 30.2 Å². The molecule has 1 saturated heterocycles. The molecule has 0 aliphatic carbocycles. The second kappa shape index (κ2) is 8.62. The van der Waals surface area contributed by atoms with Crippen molar-refractivity contribution in [3.63, 3.8) is 0 Å². The Morgan fingerprint density at radius 2 is 1.97 bits per heavy atom. The van der Waals surface area contributed by atoms with Gasteiger partial charge in [-0.25, -0.2) is 4.79 Å². The van der Waals surface area contributed by atoms with Crippen LogP contribution in [0.5, 0.6) is 0 Å². The number of hydrogen-bond acceptors (Lipinski definition) is 5. The number of anilines is 2. The molecule has 4 rings (SSSR count). The van der Waals surface area contributed by atoms with Gasteiger partial charge in [-0.2, -0.15) is 0 Å². The van der Waals surface area contributed by atoms with Crippen LogP contribution in [0.15, 0.2) is 57.9 Å². The molecular weight excluding hydrogens is 400 g/mol. The highest BCUT2D eigenvalue weighted by Gasteiger charge is 2.21. The van der Waals surface area contributed by atoms with Gasteiger partial charge in [0.1, 0.15) is 5.76 Å². The maximum absolute atomic E-state index is 12.9. The fraction of sp³-hybridized carbons (Fsp3) is 0.227. The van der Waals surface area contributed by atoms with E-state index < -0.39 is 0 Å². The molecule has 0 atom stereocenters. The van der Waals surface area contributed by atoms with Crippen molar-refractivity contribution in [1.82, 2.24) is 10.5 Å². The SMILES string of the molecule is Cc1noc(C)c1CSc1ccccc1C(=O)Nc1ccc(N2CCNC2=O)cc1. The van der Waals surface area contributed by atoms with Crippen LogP contribution >= 0.6 is 11.8 Å². The van der Waals surface area contributed by atoms with E-state index in [-0.39, 0.29) is 11.9 Å². The van der Waals surface area contributed by atoms with Gasteiger partial charge in [0.15, 0.2) is 0 Å². The smallest absolute Gasteiger partial charge is 0.321 e. The minimum Gasteiger partial charge on any atom is -0.361 e. The largest absolute Gasteiger partial charge is 0.361 e. The molecular formula is C22H22N4O3S. The van der Waals surface area contributed by atoms with E-state index in [1.54, 1.807) is 28.8 Å². The van der Waals surface area contributed by atoms with Crippen molar-refractivity contribution in [1.29, 1.82) is 0 Å². The van der Waals surface area contributed by atoms with Gasteiger partial charge in [0, 0.05) is 40.7 Å². The molecule has 1 aliphatic rings. The molecule has 1 fully saturated rings. The molecule has 3 aromatic rings. The summed E-state index contributed by atoms with van der Waals surface area (Å²) >= 11 is 1.58. The van der Waals surface area contributed by atoms with Crippen LogP contribution in [0, 0.1) is 13.8 Å². The predicted molar refractivity (Wildman–Crippen MR) is 117 cm³/mol. The fourth-order valence-electron chi connectivity index (χ4n) is 3.28. The molecule has 0 spiro atoms. The van der Waals surface area contributed by atoms with Gasteiger partial charge in [-0.3, -0.25) is 9.69 Å². The van der Waals surface area contributed by atoms with Gasteiger partial charge in [-0.15, -0.1) is 11.8 Å². The van der Waals surface area contributed by atoms with Crippen molar-refractivity contribution in [3.05, 3.63) is 71.1 Å². The molecule has 3 amide bonds. The first-order valence-electron chi connectivity index (χ1n) is 9.63. The van der Waals surface area contributed by atoms with Crippen molar-refractivity contribution < 1.29 is 14.1 Å². The monoisotopic (exact) mass is 422 g/mol. The molecule has 2 N–H and O–H groups in total. The summed E-state index contributed by atoms with van der Waals surface area (Å²) in [6.07, 6.45) is 0. The molecule has 0 bridgehead atoms. The lowest BCUT2D eigenvalue weighted by molar-refractivity contribution is 0.102. The third-order valence-corrected chi connectivity index (χ3v) is 6.08. The second-order valence-corrected chi connectivity index (χ2v) is 7.99. The summed E-state index contributed by atoms with van der Waals surface area (Å²) in [7, 11) is 0. The van der Waals surface area contributed by atoms with Crippen LogP contribution in [0.2, 0.25) is 0 Å². The zero-order chi connectivity index (χ0) is 21.1. The Hall–Kier alpha value is -3.26. The summed E-state index contributed by atoms with van der Waals surface area (Å²) in [4.78, 5) is 27.2. The zero-order valence-electron chi connectivity index (χ0n) is 16.8. The molecule has 1 aromatic heterocycles. The molecule has 2 aromatic carbocycles. The number of urea groups is 1. The Bertz CT molecular complexity index is 1060. The number of hydrogen-bond donors (Lipinski definition) is 2. The lowest BCUT2D eigenvalue weighted by Gasteiger charge is -2.15. The molecule has 0 radical (unpaired) electrons. The van der Waals surface area contributed by atoms with Crippen LogP contribution in [0.4, 0.5) is 16.2 Å². The molecule has 8 heteroatoms. The van der Waals surface area contributed by atoms with Crippen LogP contribution < -0.4 is 15.5 Å². The average Bonchev–Trinajstić information content (AvgIpc) is 3.32. The average molecular weight is 423 g/mol. The van der Waals surface area contributed by atoms with Crippen molar-refractivity contribution in [2.75, 3.05) is 23.3 Å². The van der Waals surface area contributed by atoms with Gasteiger partial charge in [0.05, 0.1) is 11.3 Å². The number of amides is 3. The number of thioether (sulfide) groups is 1. The molecule has 30 heavy (non-hydrogen) atoms. The first-order chi connectivity index (χ1) is 14.5. The van der Waals surface area contributed by atoms with Crippen molar-refractivity contribution >= 4 is 35.1 Å². The Labute approximate surface area is 178 Å². The van der Waals surface area contributed by atoms with Crippen molar-refractivity contribution in [2.24, 2.45) is 0 Å². The molecule has 1 aliphatic heterocycles. The number of aryl methyl sites for hydroxylation is 2. The van der Waals surface area contributed by atoms with Crippen LogP contribution in [-0.2, 0) is 5.75 Å². The van der Waals surface area contributed by atoms with E-state index in [2.05, 4.69) is 15.8 Å². The van der Waals surface area contributed by atoms with E-state index in [4.69, 9.17) is 4.52 Å². The summed E-state index contributed by atoms with van der Waals surface area (Å²) in [6, 6.07) is 14.7. The lowest BCUT2D eigenvalue weighted by Crippen LogP contribution is -2.27. The topological polar surface area (TPSA) is 87.5 Å². The predicted octanol–water partition coefficient (Wildman–Crippen LogP) is 4.37. The first-order valence-corrected chi connectivity index (χ1v) is 10.6. The van der Waals surface area contributed by atoms with Gasteiger partial charge in [0.2, 0.25) is 0 Å². The first kappa shape index (κ1) is 20.0. The molecule has 0 saturated carbocycles. The quantitative estimate of drug-likeness (QED) is 0.576. The summed E-state index contributed by atoms with van der Waals surface area (Å²) in [6.45, 7) is 5.09. The van der Waals surface area contributed by atoms with Gasteiger partial charge in [0.25, 0.3) is 5.91 Å². The Balaban J connectivity index is 1.45. The highest BCUT2D eigenvalue weighted by molar-refractivity contribution is 7.98. The van der Waals surface area contributed by atoms with E-state index >= 15 is 0 Å². The van der Waals surface area contributed by atoms with Crippen LogP contribution in [0.3, 0.4) is 0 Å². The maximum Gasteiger partial charge on any atom is 0.321 e. The minimum absolute atomic E-state index is 0.101. The molecule has 2 heterocycles. The number of rotatable bonds is 6. The van der Waals surface area contributed by atoms with E-state index in [0.717, 1.165) is 27.6 Å². The van der Waals surface area contributed by atoms with Gasteiger partial charge in [-0.05, 0) is 50.2 Å². The Kier molecular flexibility index (Phi) is 5.76. The van der Waals surface area contributed by atoms with Crippen LogP contribution in [0.25, 0.3) is 0 Å². The minimum atomic E-state index is -0.177. The van der Waals surface area contributed by atoms with E-state index in [1.165, 1.54) is 0 Å². The number of benzene rings is 2. The number of carbonyl (C=O) groups excluding carboxylic acids is 2. The number of nitrogens with zero attached hydrogens (tertiary/aromatic N) is 2. The van der Waals surface area contributed by atoms with Crippen molar-refractivity contribution in [3.8, 4) is 0 Å². The third kappa shape index (κ3) is 4.18. The third-order valence-electron chi connectivity index (χ3n) is 4.98. The number of carbonyl (C=O) groups is 2. The van der Waals surface area contributed by atoms with E-state index in [1.807, 2.05) is 50.2 Å². The Morgan fingerprint density at radius 3 is 2.63 bits per heavy atom. The normalized spacial score (nSPS) is 13.4. The summed E-state index contributed by atoms with van der Waals surface area (Å²) < 4.78 is 5.22. The molecule has 0 unspecified atom stereocenters. The number of nitrogens with one attached hydrogen (secondary N) is 2. The second-order valence-electron chi connectivity index (χ2n) is 6.97. The highest BCUT2D eigenvalue weighted by atomic mass is 32.2. The summed E-state index contributed by atoms with van der Waals surface area (Å²) in [5.74, 6) is 1.30. The van der Waals surface area contributed by atoms with Gasteiger partial charge in [-0.1, -0.05) is 17.3 Å².